The minimum absolute atomic E-state index is 0.113. The van der Waals surface area contributed by atoms with E-state index in [1.54, 1.807) is 19.2 Å². The van der Waals surface area contributed by atoms with Crippen molar-refractivity contribution in [2.75, 3.05) is 13.7 Å². The van der Waals surface area contributed by atoms with Crippen molar-refractivity contribution in [3.63, 3.8) is 0 Å². The largest absolute Gasteiger partial charge is 0.494 e. The van der Waals surface area contributed by atoms with Crippen molar-refractivity contribution >= 4 is 22.6 Å². The summed E-state index contributed by atoms with van der Waals surface area (Å²) >= 11 is 0. The Kier molecular flexibility index (Phi) is 5.69. The van der Waals surface area contributed by atoms with E-state index in [2.05, 4.69) is 25.0 Å². The van der Waals surface area contributed by atoms with Crippen LogP contribution in [-0.2, 0) is 11.2 Å². The van der Waals surface area contributed by atoms with Gasteiger partial charge in [0.05, 0.1) is 35.5 Å². The molecule has 0 saturated heterocycles. The van der Waals surface area contributed by atoms with Crippen LogP contribution in [0, 0.1) is 6.92 Å². The fourth-order valence-corrected chi connectivity index (χ4v) is 4.93. The normalized spacial score (nSPS) is 14.9. The number of benzene rings is 1. The fraction of sp³-hybridized carbons (Fsp3) is 0.185. The standard InChI is InChI=1S/C27H23N7O4/c1-15-31-14-34(32-15)25-23-22(21(38-2)13-30-25)19(12-29-23)24(35)27(37)33-11-9-16-17(20-8-3-4-10-28-20)6-5-7-18(16)26(33)36/h3-8,10,12-14,26,29,36H,9,11H2,1-2H3. The molecule has 4 aromatic heterocycles. The van der Waals surface area contributed by atoms with E-state index in [0.717, 1.165) is 16.8 Å². The van der Waals surface area contributed by atoms with E-state index in [9.17, 15) is 14.7 Å². The smallest absolute Gasteiger partial charge is 0.297 e. The number of fused-ring (bicyclic) bond motifs is 2. The molecule has 190 valence electrons. The number of hydrogen-bond acceptors (Lipinski definition) is 8. The monoisotopic (exact) mass is 509 g/mol. The van der Waals surface area contributed by atoms with Crippen LogP contribution < -0.4 is 4.74 Å². The number of aromatic nitrogens is 6. The maximum absolute atomic E-state index is 13.5. The van der Waals surface area contributed by atoms with Gasteiger partial charge in [0.1, 0.15) is 17.9 Å². The maximum Gasteiger partial charge on any atom is 0.297 e. The molecule has 1 amide bonds. The first kappa shape index (κ1) is 23.5. The Morgan fingerprint density at radius 1 is 1.13 bits per heavy atom. The van der Waals surface area contributed by atoms with Crippen LogP contribution in [-0.4, -0.2) is 65.1 Å². The Balaban J connectivity index is 1.35. The van der Waals surface area contributed by atoms with Crippen molar-refractivity contribution in [3.05, 3.63) is 83.8 Å². The van der Waals surface area contributed by atoms with Crippen molar-refractivity contribution < 1.29 is 19.4 Å². The van der Waals surface area contributed by atoms with Gasteiger partial charge in [-0.3, -0.25) is 14.6 Å². The van der Waals surface area contributed by atoms with Crippen molar-refractivity contribution in [3.8, 4) is 22.8 Å². The molecule has 1 aromatic carbocycles. The number of ether oxygens (including phenoxy) is 1. The highest BCUT2D eigenvalue weighted by molar-refractivity contribution is 6.45. The van der Waals surface area contributed by atoms with Gasteiger partial charge in [-0.2, -0.15) is 5.10 Å². The number of aromatic amines is 1. The van der Waals surface area contributed by atoms with E-state index in [0.29, 0.717) is 40.3 Å². The van der Waals surface area contributed by atoms with Crippen molar-refractivity contribution in [1.29, 1.82) is 0 Å². The number of H-pyrrole nitrogens is 1. The summed E-state index contributed by atoms with van der Waals surface area (Å²) in [5, 5.41) is 15.9. The predicted octanol–water partition coefficient (Wildman–Crippen LogP) is 2.78. The van der Waals surface area contributed by atoms with Crippen LogP contribution in [0.5, 0.6) is 5.75 Å². The minimum Gasteiger partial charge on any atom is -0.494 e. The van der Waals surface area contributed by atoms with Crippen LogP contribution in [0.25, 0.3) is 28.0 Å². The first-order chi connectivity index (χ1) is 18.5. The van der Waals surface area contributed by atoms with Crippen LogP contribution in [0.4, 0.5) is 0 Å². The van der Waals surface area contributed by atoms with Crippen molar-refractivity contribution in [1.82, 2.24) is 34.6 Å². The van der Waals surface area contributed by atoms with Gasteiger partial charge < -0.3 is 19.7 Å². The number of aryl methyl sites for hydroxylation is 1. The molecule has 0 fully saturated rings. The zero-order valence-corrected chi connectivity index (χ0v) is 20.6. The Bertz CT molecular complexity index is 1690. The summed E-state index contributed by atoms with van der Waals surface area (Å²) in [7, 11) is 1.46. The molecule has 1 aliphatic rings. The Labute approximate surface area is 216 Å². The number of rotatable bonds is 5. The topological polar surface area (TPSA) is 139 Å². The second-order valence-corrected chi connectivity index (χ2v) is 8.88. The van der Waals surface area contributed by atoms with Gasteiger partial charge in [-0.15, -0.1) is 0 Å². The summed E-state index contributed by atoms with van der Waals surface area (Å²) in [6.07, 6.45) is 5.33. The average Bonchev–Trinajstić information content (AvgIpc) is 3.59. The van der Waals surface area contributed by atoms with Gasteiger partial charge in [0.15, 0.2) is 12.0 Å². The Morgan fingerprint density at radius 2 is 2.00 bits per heavy atom. The first-order valence-corrected chi connectivity index (χ1v) is 12.0. The van der Waals surface area contributed by atoms with Crippen LogP contribution in [0.2, 0.25) is 0 Å². The van der Waals surface area contributed by atoms with Crippen LogP contribution in [0.1, 0.15) is 33.5 Å². The van der Waals surface area contributed by atoms with Gasteiger partial charge in [0, 0.05) is 30.1 Å². The number of aliphatic hydroxyl groups is 1. The summed E-state index contributed by atoms with van der Waals surface area (Å²) in [6.45, 7) is 1.92. The van der Waals surface area contributed by atoms with Crippen LogP contribution in [0.15, 0.2) is 61.3 Å². The van der Waals surface area contributed by atoms with E-state index in [4.69, 9.17) is 4.74 Å². The molecular weight excluding hydrogens is 486 g/mol. The number of carbonyl (C=O) groups is 2. The fourth-order valence-electron chi connectivity index (χ4n) is 4.93. The van der Waals surface area contributed by atoms with Gasteiger partial charge in [-0.05, 0) is 31.0 Å². The highest BCUT2D eigenvalue weighted by Gasteiger charge is 2.35. The third-order valence-electron chi connectivity index (χ3n) is 6.73. The summed E-state index contributed by atoms with van der Waals surface area (Å²) < 4.78 is 6.94. The van der Waals surface area contributed by atoms with E-state index in [-0.39, 0.29) is 12.1 Å². The van der Waals surface area contributed by atoms with Gasteiger partial charge >= 0.3 is 0 Å². The molecule has 0 saturated carbocycles. The molecule has 0 radical (unpaired) electrons. The molecule has 6 rings (SSSR count). The number of amides is 1. The molecular formula is C27H23N7O4. The van der Waals surface area contributed by atoms with Crippen molar-refractivity contribution in [2.24, 2.45) is 0 Å². The Hall–Kier alpha value is -4.90. The molecule has 5 heterocycles. The summed E-state index contributed by atoms with van der Waals surface area (Å²) in [5.74, 6) is -0.307. The lowest BCUT2D eigenvalue weighted by Crippen LogP contribution is -2.43. The number of nitrogens with zero attached hydrogens (tertiary/aromatic N) is 6. The van der Waals surface area contributed by atoms with Gasteiger partial charge in [-0.1, -0.05) is 24.3 Å². The second-order valence-electron chi connectivity index (χ2n) is 8.88. The Morgan fingerprint density at radius 3 is 2.74 bits per heavy atom. The molecule has 0 aliphatic carbocycles. The molecule has 0 bridgehead atoms. The van der Waals surface area contributed by atoms with Gasteiger partial charge in [-0.25, -0.2) is 14.6 Å². The predicted molar refractivity (Wildman–Crippen MR) is 137 cm³/mol. The highest BCUT2D eigenvalue weighted by Crippen LogP contribution is 2.36. The highest BCUT2D eigenvalue weighted by atomic mass is 16.5. The number of Topliss-reactive ketones (excluding diaryl/α,β-unsaturated/α-hetero) is 1. The first-order valence-electron chi connectivity index (χ1n) is 12.0. The lowest BCUT2D eigenvalue weighted by atomic mass is 9.91. The number of aliphatic hydroxyl groups excluding tert-OH is 1. The van der Waals surface area contributed by atoms with E-state index >= 15 is 0 Å². The third kappa shape index (κ3) is 3.71. The molecule has 0 spiro atoms. The molecule has 11 heteroatoms. The lowest BCUT2D eigenvalue weighted by Gasteiger charge is -2.34. The molecule has 2 N–H and O–H groups in total. The minimum atomic E-state index is -1.28. The van der Waals surface area contributed by atoms with E-state index in [1.165, 1.54) is 35.4 Å². The SMILES string of the molecule is COc1cnc(-n2cnc(C)n2)c2[nH]cc(C(=O)C(=O)N3CCc4c(-c5ccccn5)cccc4C3O)c12. The quantitative estimate of drug-likeness (QED) is 0.272. The zero-order valence-electron chi connectivity index (χ0n) is 20.6. The number of hydrogen-bond donors (Lipinski definition) is 2. The molecule has 1 atom stereocenters. The van der Waals surface area contributed by atoms with Crippen molar-refractivity contribution in [2.45, 2.75) is 19.6 Å². The van der Waals surface area contributed by atoms with Crippen LogP contribution in [0.3, 0.4) is 0 Å². The molecule has 38 heavy (non-hydrogen) atoms. The number of carbonyl (C=O) groups excluding carboxylic acids is 2. The third-order valence-corrected chi connectivity index (χ3v) is 6.73. The maximum atomic E-state index is 13.5. The summed E-state index contributed by atoms with van der Waals surface area (Å²) in [6, 6.07) is 11.2. The molecule has 11 nitrogen and oxygen atoms in total. The number of methoxy groups -OCH3 is 1. The number of ketones is 1. The second kappa shape index (κ2) is 9.20. The molecule has 1 aliphatic heterocycles. The van der Waals surface area contributed by atoms with Gasteiger partial charge in [0.25, 0.3) is 11.7 Å². The zero-order chi connectivity index (χ0) is 26.4. The summed E-state index contributed by atoms with van der Waals surface area (Å²) in [5.41, 5.74) is 3.74. The molecule has 5 aromatic rings. The van der Waals surface area contributed by atoms with E-state index < -0.39 is 17.9 Å². The number of nitrogens with one attached hydrogen (secondary N) is 1. The molecule has 1 unspecified atom stereocenters. The average molecular weight is 510 g/mol. The van der Waals surface area contributed by atoms with E-state index in [1.807, 2.05) is 30.3 Å². The van der Waals surface area contributed by atoms with Gasteiger partial charge in [0.2, 0.25) is 0 Å². The number of pyridine rings is 2. The summed E-state index contributed by atoms with van der Waals surface area (Å²) in [4.78, 5) is 44.2. The lowest BCUT2D eigenvalue weighted by molar-refractivity contribution is -0.137. The van der Waals surface area contributed by atoms with Crippen LogP contribution >= 0.6 is 0 Å².